The first-order valence-corrected chi connectivity index (χ1v) is 4.39. The van der Waals surface area contributed by atoms with E-state index in [1.165, 1.54) is 6.07 Å². The monoisotopic (exact) mass is 217 g/mol. The van der Waals surface area contributed by atoms with Crippen molar-refractivity contribution < 1.29 is 9.53 Å². The van der Waals surface area contributed by atoms with Crippen LogP contribution in [0.2, 0.25) is 0 Å². The molecule has 1 N–H and O–H groups in total. The summed E-state index contributed by atoms with van der Waals surface area (Å²) in [6.07, 6.45) is 2.14. The van der Waals surface area contributed by atoms with E-state index in [9.17, 15) is 4.79 Å². The molecule has 16 heavy (non-hydrogen) atoms. The van der Waals surface area contributed by atoms with E-state index in [1.807, 2.05) is 12.1 Å². The number of H-pyrrole nitrogens is 1. The van der Waals surface area contributed by atoms with E-state index in [2.05, 4.69) is 4.98 Å². The average Bonchev–Trinajstić information content (AvgIpc) is 2.30. The Hall–Kier alpha value is -2.39. The maximum Gasteiger partial charge on any atom is 0.189 e. The van der Waals surface area contributed by atoms with Gasteiger partial charge in [-0.1, -0.05) is 0 Å². The number of isocyanates is 1. The summed E-state index contributed by atoms with van der Waals surface area (Å²) >= 11 is 0. The highest BCUT2D eigenvalue weighted by molar-refractivity contribution is 5.79. The third-order valence-electron chi connectivity index (χ3n) is 1.97. The number of carbonyl (C=O) groups excluding carboxylic acids is 1. The molecule has 0 aliphatic heterocycles. The van der Waals surface area contributed by atoms with Crippen LogP contribution in [0.3, 0.4) is 0 Å². The molecular weight excluding hydrogens is 208 g/mol. The minimum absolute atomic E-state index is 0.00708. The first-order chi connectivity index (χ1) is 7.72. The predicted octanol–water partition coefficient (Wildman–Crippen LogP) is 1.43. The van der Waals surface area contributed by atoms with Crippen LogP contribution in [0.5, 0.6) is 5.75 Å². The summed E-state index contributed by atoms with van der Waals surface area (Å²) in [5.41, 5.74) is 0.834. The quantitative estimate of drug-likeness (QED) is 0.579. The summed E-state index contributed by atoms with van der Waals surface area (Å²) in [6, 6.07) is 6.88. The maximum atomic E-state index is 11.4. The third kappa shape index (κ3) is 2.56. The minimum Gasteiger partial charge on any atom is -0.724 e. The van der Waals surface area contributed by atoms with E-state index < -0.39 is 0 Å². The lowest BCUT2D eigenvalue weighted by Crippen LogP contribution is -1.99. The Morgan fingerprint density at radius 2 is 2.06 bits per heavy atom. The van der Waals surface area contributed by atoms with Crippen molar-refractivity contribution in [3.8, 4) is 5.75 Å². The Labute approximate surface area is 91.2 Å². The molecule has 0 fully saturated rings. The van der Waals surface area contributed by atoms with Gasteiger partial charge in [0.25, 0.3) is 0 Å². The van der Waals surface area contributed by atoms with Crippen molar-refractivity contribution >= 4 is 17.0 Å². The highest BCUT2D eigenvalue weighted by Crippen LogP contribution is 2.15. The number of rotatable bonds is 1. The molecule has 1 aromatic carbocycles. The SMILES string of the molecule is COc1ccc2[nH]ccc(=O)c2c1.[N-]=C=O. The molecule has 0 radical (unpaired) electrons. The normalized spacial score (nSPS) is 8.81. The first kappa shape index (κ1) is 11.7. The molecule has 0 saturated carbocycles. The second-order valence-corrected chi connectivity index (χ2v) is 2.84. The number of ether oxygens (including phenoxy) is 1. The number of nitrogens with zero attached hydrogens (tertiary/aromatic N) is 1. The molecule has 0 atom stereocenters. The van der Waals surface area contributed by atoms with E-state index in [-0.39, 0.29) is 5.43 Å². The second-order valence-electron chi connectivity index (χ2n) is 2.84. The van der Waals surface area contributed by atoms with Gasteiger partial charge in [0.15, 0.2) is 5.43 Å². The van der Waals surface area contributed by atoms with Crippen molar-refractivity contribution in [3.63, 3.8) is 0 Å². The van der Waals surface area contributed by atoms with Crippen LogP contribution in [-0.2, 0) is 4.79 Å². The third-order valence-corrected chi connectivity index (χ3v) is 1.97. The number of hydrogen-bond acceptors (Lipinski definition) is 3. The fourth-order valence-electron chi connectivity index (χ4n) is 1.28. The molecule has 0 unspecified atom stereocenters. The fourth-order valence-corrected chi connectivity index (χ4v) is 1.28. The van der Waals surface area contributed by atoms with Gasteiger partial charge in [0.2, 0.25) is 0 Å². The summed E-state index contributed by atoms with van der Waals surface area (Å²) in [7, 11) is 1.58. The van der Waals surface area contributed by atoms with Crippen molar-refractivity contribution in [2.24, 2.45) is 0 Å². The van der Waals surface area contributed by atoms with Crippen LogP contribution in [0.4, 0.5) is 0 Å². The summed E-state index contributed by atoms with van der Waals surface area (Å²) in [5, 5.41) is 7.42. The van der Waals surface area contributed by atoms with Crippen molar-refractivity contribution in [1.82, 2.24) is 4.98 Å². The number of fused-ring (bicyclic) bond motifs is 1. The summed E-state index contributed by atoms with van der Waals surface area (Å²) in [6.45, 7) is 0. The summed E-state index contributed by atoms with van der Waals surface area (Å²) in [4.78, 5) is 22.6. The smallest absolute Gasteiger partial charge is 0.189 e. The largest absolute Gasteiger partial charge is 0.724 e. The second kappa shape index (κ2) is 5.48. The van der Waals surface area contributed by atoms with Crippen LogP contribution in [0, 0.1) is 0 Å². The van der Waals surface area contributed by atoms with E-state index in [4.69, 9.17) is 14.9 Å². The highest BCUT2D eigenvalue weighted by atomic mass is 16.5. The molecule has 0 spiro atoms. The van der Waals surface area contributed by atoms with E-state index >= 15 is 0 Å². The number of aromatic nitrogens is 1. The molecule has 2 rings (SSSR count). The van der Waals surface area contributed by atoms with E-state index in [0.29, 0.717) is 17.2 Å². The van der Waals surface area contributed by atoms with Gasteiger partial charge in [0, 0.05) is 23.2 Å². The van der Waals surface area contributed by atoms with E-state index in [0.717, 1.165) is 5.52 Å². The van der Waals surface area contributed by atoms with Gasteiger partial charge in [-0.15, -0.1) is 0 Å². The first-order valence-electron chi connectivity index (χ1n) is 4.39. The lowest BCUT2D eigenvalue weighted by atomic mass is 10.2. The zero-order valence-electron chi connectivity index (χ0n) is 8.56. The minimum atomic E-state index is 0.00708. The zero-order chi connectivity index (χ0) is 12.0. The van der Waals surface area contributed by atoms with Crippen LogP contribution < -0.4 is 10.2 Å². The molecule has 2 aromatic rings. The molecule has 0 bridgehead atoms. The van der Waals surface area contributed by atoms with E-state index in [1.54, 1.807) is 19.4 Å². The fraction of sp³-hybridized carbons (Fsp3) is 0.0909. The van der Waals surface area contributed by atoms with Crippen molar-refractivity contribution in [1.29, 1.82) is 0 Å². The van der Waals surface area contributed by atoms with Crippen LogP contribution >= 0.6 is 0 Å². The molecule has 82 valence electrons. The summed E-state index contributed by atoms with van der Waals surface area (Å²) < 4.78 is 5.02. The predicted molar refractivity (Wildman–Crippen MR) is 60.2 cm³/mol. The lowest BCUT2D eigenvalue weighted by Gasteiger charge is -2.00. The van der Waals surface area contributed by atoms with Gasteiger partial charge in [-0.3, -0.25) is 9.59 Å². The van der Waals surface area contributed by atoms with Crippen molar-refractivity contribution in [3.05, 3.63) is 46.1 Å². The number of nitrogens with one attached hydrogen (secondary N) is 1. The van der Waals surface area contributed by atoms with Gasteiger partial charge >= 0.3 is 0 Å². The maximum absolute atomic E-state index is 11.4. The molecule has 0 amide bonds. The topological polar surface area (TPSA) is 81.5 Å². The number of methoxy groups -OCH3 is 1. The van der Waals surface area contributed by atoms with Crippen LogP contribution in [-0.4, -0.2) is 18.2 Å². The molecule has 1 aromatic heterocycles. The number of pyridine rings is 1. The van der Waals surface area contributed by atoms with Gasteiger partial charge in [0.05, 0.1) is 7.11 Å². The molecule has 5 nitrogen and oxygen atoms in total. The van der Waals surface area contributed by atoms with Crippen LogP contribution in [0.1, 0.15) is 0 Å². The molecule has 0 aliphatic rings. The van der Waals surface area contributed by atoms with Gasteiger partial charge in [-0.05, 0) is 24.3 Å². The standard InChI is InChI=1S/C10H9NO2.CNO/c1-13-7-2-3-9-8(6-7)10(12)4-5-11-9;2-1-3/h2-6H,1H3,(H,11,12);/q;-1. The Morgan fingerprint density at radius 1 is 1.38 bits per heavy atom. The summed E-state index contributed by atoms with van der Waals surface area (Å²) in [5.74, 6) is 0.698. The average molecular weight is 217 g/mol. The van der Waals surface area contributed by atoms with Gasteiger partial charge < -0.3 is 15.1 Å². The number of benzene rings is 1. The van der Waals surface area contributed by atoms with Gasteiger partial charge in [-0.2, -0.15) is 0 Å². The van der Waals surface area contributed by atoms with Crippen LogP contribution in [0.25, 0.3) is 16.3 Å². The molecule has 1 heterocycles. The molecule has 0 aliphatic carbocycles. The Kier molecular flexibility index (Phi) is 4.00. The zero-order valence-corrected chi connectivity index (χ0v) is 8.56. The van der Waals surface area contributed by atoms with Gasteiger partial charge in [-0.25, -0.2) is 0 Å². The molecule has 0 saturated heterocycles. The van der Waals surface area contributed by atoms with Crippen LogP contribution in [0.15, 0.2) is 35.3 Å². The Morgan fingerprint density at radius 3 is 2.69 bits per heavy atom. The Balaban J connectivity index is 0.000000386. The lowest BCUT2D eigenvalue weighted by molar-refractivity contribution is 0.415. The Bertz CT molecular complexity index is 569. The van der Waals surface area contributed by atoms with Gasteiger partial charge in [0.1, 0.15) is 5.75 Å². The molecule has 5 heteroatoms. The number of hydrogen-bond donors (Lipinski definition) is 1. The van der Waals surface area contributed by atoms with Crippen molar-refractivity contribution in [2.45, 2.75) is 0 Å². The van der Waals surface area contributed by atoms with Crippen molar-refractivity contribution in [2.75, 3.05) is 7.11 Å². The highest BCUT2D eigenvalue weighted by Gasteiger charge is 1.98. The number of aromatic amines is 1. The molecular formula is C11H9N2O3-.